The highest BCUT2D eigenvalue weighted by Crippen LogP contribution is 2.36. The normalized spacial score (nSPS) is 11.0. The van der Waals surface area contributed by atoms with E-state index in [1.807, 2.05) is 54.6 Å². The predicted molar refractivity (Wildman–Crippen MR) is 143 cm³/mol. The summed E-state index contributed by atoms with van der Waals surface area (Å²) >= 11 is 5.38. The van der Waals surface area contributed by atoms with E-state index < -0.39 is 0 Å². The summed E-state index contributed by atoms with van der Waals surface area (Å²) in [4.78, 5) is 17.3. The van der Waals surface area contributed by atoms with E-state index in [0.29, 0.717) is 33.9 Å². The van der Waals surface area contributed by atoms with E-state index in [4.69, 9.17) is 16.6 Å². The lowest BCUT2D eigenvalue weighted by Crippen LogP contribution is -2.34. The number of aryl methyl sites for hydroxylation is 2. The summed E-state index contributed by atoms with van der Waals surface area (Å²) in [6.45, 7) is 3.85. The van der Waals surface area contributed by atoms with Crippen molar-refractivity contribution in [3.05, 3.63) is 89.5 Å². The van der Waals surface area contributed by atoms with Gasteiger partial charge in [0.1, 0.15) is 11.3 Å². The van der Waals surface area contributed by atoms with E-state index in [9.17, 15) is 9.90 Å². The van der Waals surface area contributed by atoms with E-state index in [0.717, 1.165) is 28.3 Å². The molecule has 0 radical (unpaired) electrons. The molecule has 0 unspecified atom stereocenters. The smallest absolute Gasteiger partial charge is 0.257 e. The number of phenolic OH excluding ortho intramolecular Hbond substituents is 1. The summed E-state index contributed by atoms with van der Waals surface area (Å²) in [5.41, 5.74) is 4.68. The Morgan fingerprint density at radius 3 is 2.63 bits per heavy atom. The third-order valence-corrected chi connectivity index (χ3v) is 6.09. The van der Waals surface area contributed by atoms with Crippen LogP contribution in [0.25, 0.3) is 33.3 Å². The first-order valence-corrected chi connectivity index (χ1v) is 11.7. The third kappa shape index (κ3) is 4.58. The van der Waals surface area contributed by atoms with E-state index in [-0.39, 0.29) is 16.8 Å². The predicted octanol–water partition coefficient (Wildman–Crippen LogP) is 6.35. The first-order valence-electron chi connectivity index (χ1n) is 11.3. The number of carbonyl (C=O) groups is 1. The van der Waals surface area contributed by atoms with Crippen molar-refractivity contribution in [1.29, 1.82) is 0 Å². The van der Waals surface area contributed by atoms with Crippen LogP contribution in [0.2, 0.25) is 0 Å². The molecule has 1 heterocycles. The highest BCUT2D eigenvalue weighted by atomic mass is 32.1. The van der Waals surface area contributed by atoms with Gasteiger partial charge >= 0.3 is 0 Å². The summed E-state index contributed by atoms with van der Waals surface area (Å²) in [5, 5.41) is 18.6. The van der Waals surface area contributed by atoms with Gasteiger partial charge in [0.05, 0.1) is 5.56 Å². The molecule has 0 spiro atoms. The van der Waals surface area contributed by atoms with Crippen LogP contribution >= 0.6 is 12.2 Å². The molecule has 174 valence electrons. The Morgan fingerprint density at radius 2 is 1.83 bits per heavy atom. The van der Waals surface area contributed by atoms with E-state index in [1.165, 1.54) is 0 Å². The number of aromatic hydroxyl groups is 1. The third-order valence-electron chi connectivity index (χ3n) is 5.89. The lowest BCUT2D eigenvalue weighted by Gasteiger charge is -2.13. The van der Waals surface area contributed by atoms with Crippen molar-refractivity contribution < 1.29 is 14.3 Å². The summed E-state index contributed by atoms with van der Waals surface area (Å²) in [6.07, 6.45) is 0.893. The number of phenols is 1. The van der Waals surface area contributed by atoms with Crippen molar-refractivity contribution in [2.75, 3.05) is 5.32 Å². The number of nitrogens with one attached hydrogen (secondary N) is 2. The van der Waals surface area contributed by atoms with E-state index >= 15 is 0 Å². The molecule has 1 amide bonds. The molecular formula is C28H23N3O3S. The van der Waals surface area contributed by atoms with Gasteiger partial charge in [-0.15, -0.1) is 0 Å². The van der Waals surface area contributed by atoms with Gasteiger partial charge in [0.15, 0.2) is 10.7 Å². The van der Waals surface area contributed by atoms with Crippen molar-refractivity contribution >= 4 is 50.8 Å². The molecule has 1 aromatic heterocycles. The molecule has 0 aliphatic carbocycles. The Labute approximate surface area is 207 Å². The van der Waals surface area contributed by atoms with Gasteiger partial charge in [-0.2, -0.15) is 0 Å². The molecule has 0 saturated carbocycles. The van der Waals surface area contributed by atoms with Gasteiger partial charge in [-0.1, -0.05) is 43.3 Å². The Balaban J connectivity index is 1.37. The largest absolute Gasteiger partial charge is 0.507 e. The molecule has 0 atom stereocenters. The zero-order valence-corrected chi connectivity index (χ0v) is 20.1. The minimum atomic E-state index is -0.311. The summed E-state index contributed by atoms with van der Waals surface area (Å²) < 4.78 is 5.91. The van der Waals surface area contributed by atoms with Crippen LogP contribution in [0.5, 0.6) is 5.75 Å². The van der Waals surface area contributed by atoms with Crippen LogP contribution in [-0.2, 0) is 6.42 Å². The number of amides is 1. The molecule has 7 heteroatoms. The van der Waals surface area contributed by atoms with Gasteiger partial charge in [0, 0.05) is 11.3 Å². The Hall–Kier alpha value is -4.23. The minimum Gasteiger partial charge on any atom is -0.507 e. The van der Waals surface area contributed by atoms with Crippen LogP contribution in [0.15, 0.2) is 77.2 Å². The molecule has 0 aliphatic heterocycles. The molecule has 0 aliphatic rings. The molecule has 0 saturated heterocycles. The number of aromatic nitrogens is 1. The second-order valence-corrected chi connectivity index (χ2v) is 8.74. The SMILES string of the molecule is CCc1ccc2oc(-c3cc(NC(=S)NC(=O)c4ccc5ccccc5c4)cc(C)c3O)nc2c1. The van der Waals surface area contributed by atoms with Crippen LogP contribution in [-0.4, -0.2) is 21.1 Å². The number of anilines is 1. The first-order chi connectivity index (χ1) is 16.9. The number of carbonyl (C=O) groups excluding carboxylic acids is 1. The van der Waals surface area contributed by atoms with Crippen molar-refractivity contribution in [3.63, 3.8) is 0 Å². The number of benzene rings is 4. The monoisotopic (exact) mass is 481 g/mol. The molecule has 5 rings (SSSR count). The lowest BCUT2D eigenvalue weighted by atomic mass is 10.1. The van der Waals surface area contributed by atoms with Gasteiger partial charge in [0.25, 0.3) is 5.91 Å². The number of hydrogen-bond acceptors (Lipinski definition) is 5. The fourth-order valence-electron chi connectivity index (χ4n) is 3.99. The van der Waals surface area contributed by atoms with Crippen molar-refractivity contribution in [3.8, 4) is 17.2 Å². The van der Waals surface area contributed by atoms with Gasteiger partial charge in [-0.05, 0) is 83.9 Å². The summed E-state index contributed by atoms with van der Waals surface area (Å²) in [7, 11) is 0. The Morgan fingerprint density at radius 1 is 1.03 bits per heavy atom. The van der Waals surface area contributed by atoms with Gasteiger partial charge in [-0.25, -0.2) is 4.98 Å². The highest BCUT2D eigenvalue weighted by molar-refractivity contribution is 7.80. The maximum absolute atomic E-state index is 12.7. The molecule has 4 aromatic carbocycles. The second kappa shape index (κ2) is 9.19. The minimum absolute atomic E-state index is 0.0731. The van der Waals surface area contributed by atoms with Crippen molar-refractivity contribution in [1.82, 2.24) is 10.3 Å². The standard InChI is InChI=1S/C28H23N3O3S/c1-3-17-8-11-24-23(13-17)30-27(34-24)22-15-21(12-16(2)25(22)32)29-28(35)31-26(33)20-10-9-18-6-4-5-7-19(18)14-20/h4-15,32H,3H2,1-2H3,(H2,29,31,33,35). The average Bonchev–Trinajstić information content (AvgIpc) is 3.28. The first kappa shape index (κ1) is 22.6. The Kier molecular flexibility index (Phi) is 5.93. The zero-order valence-electron chi connectivity index (χ0n) is 19.3. The molecule has 0 fully saturated rings. The molecular weight excluding hydrogens is 458 g/mol. The van der Waals surface area contributed by atoms with E-state index in [1.54, 1.807) is 25.1 Å². The number of hydrogen-bond donors (Lipinski definition) is 3. The van der Waals surface area contributed by atoms with Crippen LogP contribution in [0.1, 0.15) is 28.4 Å². The van der Waals surface area contributed by atoms with Crippen molar-refractivity contribution in [2.45, 2.75) is 20.3 Å². The topological polar surface area (TPSA) is 87.4 Å². The Bertz CT molecular complexity index is 1610. The van der Waals surface area contributed by atoms with Crippen LogP contribution in [0, 0.1) is 6.92 Å². The van der Waals surface area contributed by atoms with Crippen LogP contribution in [0.4, 0.5) is 5.69 Å². The van der Waals surface area contributed by atoms with Crippen LogP contribution in [0.3, 0.4) is 0 Å². The van der Waals surface area contributed by atoms with Crippen molar-refractivity contribution in [2.24, 2.45) is 0 Å². The number of nitrogens with zero attached hydrogens (tertiary/aromatic N) is 1. The number of oxazole rings is 1. The second-order valence-electron chi connectivity index (χ2n) is 8.33. The molecule has 0 bridgehead atoms. The average molecular weight is 482 g/mol. The fourth-order valence-corrected chi connectivity index (χ4v) is 4.20. The maximum atomic E-state index is 12.7. The summed E-state index contributed by atoms with van der Waals surface area (Å²) in [6, 6.07) is 22.6. The van der Waals surface area contributed by atoms with Gasteiger partial charge in [-0.3, -0.25) is 10.1 Å². The fraction of sp³-hybridized carbons (Fsp3) is 0.107. The molecule has 5 aromatic rings. The van der Waals surface area contributed by atoms with Gasteiger partial charge < -0.3 is 14.8 Å². The number of rotatable bonds is 4. The van der Waals surface area contributed by atoms with Crippen LogP contribution < -0.4 is 10.6 Å². The quantitative estimate of drug-likeness (QED) is 0.205. The van der Waals surface area contributed by atoms with E-state index in [2.05, 4.69) is 22.5 Å². The highest BCUT2D eigenvalue weighted by Gasteiger charge is 2.17. The molecule has 35 heavy (non-hydrogen) atoms. The van der Waals surface area contributed by atoms with Gasteiger partial charge in [0.2, 0.25) is 5.89 Å². The number of fused-ring (bicyclic) bond motifs is 2. The summed E-state index contributed by atoms with van der Waals surface area (Å²) in [5.74, 6) is 0.0715. The zero-order chi connectivity index (χ0) is 24.5. The lowest BCUT2D eigenvalue weighted by molar-refractivity contribution is 0.0978. The molecule has 6 nitrogen and oxygen atoms in total. The number of thiocarbonyl (C=S) groups is 1. The maximum Gasteiger partial charge on any atom is 0.257 e. The molecule has 3 N–H and O–H groups in total.